The van der Waals surface area contributed by atoms with Crippen molar-refractivity contribution in [3.63, 3.8) is 0 Å². The second kappa shape index (κ2) is 12.5. The summed E-state index contributed by atoms with van der Waals surface area (Å²) in [6.45, 7) is 0. The van der Waals surface area contributed by atoms with Crippen molar-refractivity contribution in [1.82, 2.24) is 9.13 Å². The average molecular weight is 727 g/mol. The first-order chi connectivity index (χ1) is 28.3. The van der Waals surface area contributed by atoms with Gasteiger partial charge in [-0.2, -0.15) is 0 Å². The average Bonchev–Trinajstić information content (AvgIpc) is 3.93. The van der Waals surface area contributed by atoms with Gasteiger partial charge in [-0.1, -0.05) is 127 Å². The number of rotatable bonds is 5. The van der Waals surface area contributed by atoms with Gasteiger partial charge in [-0.15, -0.1) is 0 Å². The zero-order valence-corrected chi connectivity index (χ0v) is 30.9. The molecule has 0 spiro atoms. The van der Waals surface area contributed by atoms with E-state index in [1.807, 2.05) is 0 Å². The van der Waals surface area contributed by atoms with E-state index in [0.717, 1.165) is 50.0 Å². The van der Waals surface area contributed by atoms with Crippen LogP contribution in [0, 0.1) is 0 Å². The van der Waals surface area contributed by atoms with Crippen LogP contribution in [-0.4, -0.2) is 9.13 Å². The lowest BCUT2D eigenvalue weighted by atomic mass is 9.98. The zero-order valence-electron chi connectivity index (χ0n) is 30.9. The molecule has 0 fully saturated rings. The largest absolute Gasteiger partial charge is 0.456 e. The molecule has 0 atom stereocenters. The minimum atomic E-state index is 0.884. The number of para-hydroxylation sites is 3. The number of nitrogens with zero attached hydrogens (tertiary/aromatic N) is 2. The maximum absolute atomic E-state index is 6.72. The van der Waals surface area contributed by atoms with Crippen molar-refractivity contribution in [1.29, 1.82) is 0 Å². The molecule has 0 amide bonds. The van der Waals surface area contributed by atoms with E-state index in [4.69, 9.17) is 4.42 Å². The van der Waals surface area contributed by atoms with Crippen molar-refractivity contribution in [3.8, 4) is 44.8 Å². The molecule has 57 heavy (non-hydrogen) atoms. The highest BCUT2D eigenvalue weighted by Gasteiger charge is 2.18. The molecular formula is C54H34N2O. The summed E-state index contributed by atoms with van der Waals surface area (Å²) in [6.07, 6.45) is 0. The van der Waals surface area contributed by atoms with Crippen molar-refractivity contribution >= 4 is 65.6 Å². The van der Waals surface area contributed by atoms with Crippen molar-refractivity contribution in [2.24, 2.45) is 0 Å². The summed E-state index contributed by atoms with van der Waals surface area (Å²) in [5.74, 6) is 0. The van der Waals surface area contributed by atoms with Gasteiger partial charge in [0.05, 0.1) is 22.1 Å². The molecule has 0 aliphatic rings. The van der Waals surface area contributed by atoms with E-state index in [2.05, 4.69) is 215 Å². The van der Waals surface area contributed by atoms with Crippen LogP contribution in [0.25, 0.3) is 110 Å². The fraction of sp³-hybridized carbons (Fsp3) is 0. The normalized spacial score (nSPS) is 11.9. The first-order valence-electron chi connectivity index (χ1n) is 19.5. The fourth-order valence-corrected chi connectivity index (χ4v) is 9.11. The van der Waals surface area contributed by atoms with Gasteiger partial charge in [-0.05, 0) is 112 Å². The topological polar surface area (TPSA) is 23.0 Å². The Labute approximate surface area is 328 Å². The fourth-order valence-electron chi connectivity index (χ4n) is 9.11. The van der Waals surface area contributed by atoms with Crippen molar-refractivity contribution < 1.29 is 4.42 Å². The van der Waals surface area contributed by atoms with Crippen LogP contribution in [0.3, 0.4) is 0 Å². The van der Waals surface area contributed by atoms with Gasteiger partial charge >= 0.3 is 0 Å². The van der Waals surface area contributed by atoms with Gasteiger partial charge in [0.25, 0.3) is 0 Å². The third-order valence-corrected chi connectivity index (χ3v) is 11.7. The molecule has 0 aliphatic carbocycles. The molecule has 3 aromatic heterocycles. The molecule has 0 aliphatic heterocycles. The Morgan fingerprint density at radius 3 is 1.54 bits per heavy atom. The van der Waals surface area contributed by atoms with Gasteiger partial charge in [0.1, 0.15) is 11.2 Å². The molecular weight excluding hydrogens is 693 g/mol. The molecule has 3 heteroatoms. The number of benzene rings is 9. The van der Waals surface area contributed by atoms with E-state index < -0.39 is 0 Å². The summed E-state index contributed by atoms with van der Waals surface area (Å²) in [4.78, 5) is 0. The molecule has 0 unspecified atom stereocenters. The smallest absolute Gasteiger partial charge is 0.136 e. The highest BCUT2D eigenvalue weighted by molar-refractivity contribution is 6.17. The van der Waals surface area contributed by atoms with Crippen LogP contribution >= 0.6 is 0 Å². The minimum absolute atomic E-state index is 0.884. The second-order valence-electron chi connectivity index (χ2n) is 14.9. The molecule has 0 saturated heterocycles. The highest BCUT2D eigenvalue weighted by atomic mass is 16.3. The van der Waals surface area contributed by atoms with Gasteiger partial charge in [0, 0.05) is 43.7 Å². The summed E-state index contributed by atoms with van der Waals surface area (Å²) in [7, 11) is 0. The molecule has 0 bridgehead atoms. The Balaban J connectivity index is 0.987. The summed E-state index contributed by atoms with van der Waals surface area (Å²) in [6, 6.07) is 74.3. The van der Waals surface area contributed by atoms with E-state index in [-0.39, 0.29) is 0 Å². The van der Waals surface area contributed by atoms with Crippen molar-refractivity contribution in [3.05, 3.63) is 206 Å². The molecule has 0 radical (unpaired) electrons. The van der Waals surface area contributed by atoms with Crippen LogP contribution in [-0.2, 0) is 0 Å². The number of furan rings is 1. The quantitative estimate of drug-likeness (QED) is 0.173. The van der Waals surface area contributed by atoms with Crippen molar-refractivity contribution in [2.45, 2.75) is 0 Å². The molecule has 12 aromatic rings. The molecule has 3 nitrogen and oxygen atoms in total. The highest BCUT2D eigenvalue weighted by Crippen LogP contribution is 2.42. The van der Waals surface area contributed by atoms with E-state index in [1.165, 1.54) is 60.3 Å². The molecule has 0 N–H and O–H groups in total. The maximum atomic E-state index is 6.72. The lowest BCUT2D eigenvalue weighted by Crippen LogP contribution is -1.93. The summed E-state index contributed by atoms with van der Waals surface area (Å²) in [5, 5.41) is 7.19. The molecule has 0 saturated carbocycles. The Morgan fingerprint density at radius 2 is 0.807 bits per heavy atom. The predicted molar refractivity (Wildman–Crippen MR) is 239 cm³/mol. The molecule has 12 rings (SSSR count). The van der Waals surface area contributed by atoms with E-state index >= 15 is 0 Å². The summed E-state index contributed by atoms with van der Waals surface area (Å²) >= 11 is 0. The number of aromatic nitrogens is 2. The molecule has 9 aromatic carbocycles. The molecule has 266 valence electrons. The van der Waals surface area contributed by atoms with Crippen LogP contribution in [0.4, 0.5) is 0 Å². The Hall–Kier alpha value is -7.62. The summed E-state index contributed by atoms with van der Waals surface area (Å²) in [5.41, 5.74) is 15.9. The van der Waals surface area contributed by atoms with Crippen molar-refractivity contribution in [2.75, 3.05) is 0 Å². The van der Waals surface area contributed by atoms with Gasteiger partial charge in [-0.25, -0.2) is 0 Å². The van der Waals surface area contributed by atoms with E-state index in [0.29, 0.717) is 0 Å². The standard InChI is InChI=1S/C54H34N2O/c1-4-13-35(14-5-1)36-26-30-49-47(31-36)43-27-23-37(32-51(43)56(49)41-17-8-3-9-18-41)38-24-28-44-45-29-25-39(34-53(45)57-52(44)33-38)42-20-12-22-50-54(42)46-19-10-11-21-48(46)55(50)40-15-6-2-7-16-40/h1-34H. The number of fused-ring (bicyclic) bond motifs is 9. The van der Waals surface area contributed by atoms with Gasteiger partial charge < -0.3 is 13.6 Å². The monoisotopic (exact) mass is 726 g/mol. The van der Waals surface area contributed by atoms with E-state index in [1.54, 1.807) is 0 Å². The van der Waals surface area contributed by atoms with Crippen LogP contribution in [0.15, 0.2) is 211 Å². The SMILES string of the molecule is c1ccc(-c2ccc3c(c2)c2ccc(-c4ccc5c(c4)oc4cc(-c6cccc7c6c6ccccc6n7-c6ccccc6)ccc45)cc2n3-c2ccccc2)cc1. The van der Waals surface area contributed by atoms with Crippen LogP contribution in [0.2, 0.25) is 0 Å². The Morgan fingerprint density at radius 1 is 0.281 bits per heavy atom. The zero-order chi connectivity index (χ0) is 37.5. The molecule has 3 heterocycles. The summed E-state index contributed by atoms with van der Waals surface area (Å²) < 4.78 is 11.5. The number of hydrogen-bond acceptors (Lipinski definition) is 1. The Bertz CT molecular complexity index is 3500. The van der Waals surface area contributed by atoms with Gasteiger partial charge in [0.2, 0.25) is 0 Å². The second-order valence-corrected chi connectivity index (χ2v) is 14.9. The predicted octanol–water partition coefficient (Wildman–Crippen LogP) is 14.8. The van der Waals surface area contributed by atoms with Crippen LogP contribution < -0.4 is 0 Å². The van der Waals surface area contributed by atoms with Gasteiger partial charge in [-0.3, -0.25) is 0 Å². The minimum Gasteiger partial charge on any atom is -0.456 e. The lowest BCUT2D eigenvalue weighted by Gasteiger charge is -2.09. The van der Waals surface area contributed by atoms with Crippen LogP contribution in [0.5, 0.6) is 0 Å². The number of hydrogen-bond donors (Lipinski definition) is 0. The Kier molecular flexibility index (Phi) is 6.93. The first kappa shape index (κ1) is 31.7. The maximum Gasteiger partial charge on any atom is 0.136 e. The third-order valence-electron chi connectivity index (χ3n) is 11.7. The van der Waals surface area contributed by atoms with Gasteiger partial charge in [0.15, 0.2) is 0 Å². The lowest BCUT2D eigenvalue weighted by molar-refractivity contribution is 0.669. The van der Waals surface area contributed by atoms with E-state index in [9.17, 15) is 0 Å². The third kappa shape index (κ3) is 4.92. The van der Waals surface area contributed by atoms with Crippen LogP contribution in [0.1, 0.15) is 0 Å². The first-order valence-corrected chi connectivity index (χ1v) is 19.5.